The van der Waals surface area contributed by atoms with Crippen molar-refractivity contribution in [2.24, 2.45) is 0 Å². The van der Waals surface area contributed by atoms with Crippen LogP contribution in [-0.4, -0.2) is 24.5 Å². The number of benzene rings is 3. The van der Waals surface area contributed by atoms with Crippen molar-refractivity contribution in [1.29, 1.82) is 0 Å². The van der Waals surface area contributed by atoms with E-state index in [0.29, 0.717) is 18.9 Å². The molecule has 1 aliphatic heterocycles. The number of fused-ring (bicyclic) bond motifs is 2. The van der Waals surface area contributed by atoms with Crippen molar-refractivity contribution in [3.8, 4) is 5.75 Å². The summed E-state index contributed by atoms with van der Waals surface area (Å²) in [5.74, 6) is 0.278. The Labute approximate surface area is 202 Å². The number of methoxy groups -OCH3 is 1. The number of carbonyl (C=O) groups excluding carboxylic acids is 1. The highest BCUT2D eigenvalue weighted by molar-refractivity contribution is 5.99. The van der Waals surface area contributed by atoms with E-state index in [0.717, 1.165) is 22.4 Å². The number of halogens is 1. The molecule has 1 atom stereocenters. The maximum Gasteiger partial charge on any atom is 0.290 e. The summed E-state index contributed by atoms with van der Waals surface area (Å²) in [6, 6.07) is 18.8. The SMILES string of the molecule is COc1ccc(CCN2C(=O)c3oc4ccc(F)cc4c(=O)c3[C@@H]2c2ccc(C(C)C)cc2)cc1. The Morgan fingerprint density at radius 2 is 1.71 bits per heavy atom. The van der Waals surface area contributed by atoms with Gasteiger partial charge >= 0.3 is 0 Å². The summed E-state index contributed by atoms with van der Waals surface area (Å²) < 4.78 is 25.1. The second-order valence-electron chi connectivity index (χ2n) is 9.13. The van der Waals surface area contributed by atoms with Crippen LogP contribution in [0.4, 0.5) is 4.39 Å². The molecule has 0 aliphatic carbocycles. The Bertz CT molecular complexity index is 1460. The van der Waals surface area contributed by atoms with E-state index >= 15 is 0 Å². The molecule has 1 amide bonds. The lowest BCUT2D eigenvalue weighted by Crippen LogP contribution is -2.31. The normalized spacial score (nSPS) is 15.2. The zero-order chi connectivity index (χ0) is 24.7. The number of ether oxygens (including phenoxy) is 1. The molecule has 4 aromatic rings. The van der Waals surface area contributed by atoms with Gasteiger partial charge in [-0.3, -0.25) is 9.59 Å². The summed E-state index contributed by atoms with van der Waals surface area (Å²) in [4.78, 5) is 28.8. The molecule has 0 fully saturated rings. The largest absolute Gasteiger partial charge is 0.497 e. The molecule has 5 rings (SSSR count). The van der Waals surface area contributed by atoms with Crippen LogP contribution < -0.4 is 10.2 Å². The molecule has 3 aromatic carbocycles. The highest BCUT2D eigenvalue weighted by Crippen LogP contribution is 2.38. The van der Waals surface area contributed by atoms with Crippen LogP contribution in [0.15, 0.2) is 75.9 Å². The van der Waals surface area contributed by atoms with E-state index in [1.54, 1.807) is 12.0 Å². The van der Waals surface area contributed by atoms with E-state index in [4.69, 9.17) is 9.15 Å². The molecule has 1 aromatic heterocycles. The number of amides is 1. The first-order valence-electron chi connectivity index (χ1n) is 11.7. The lowest BCUT2D eigenvalue weighted by atomic mass is 9.95. The van der Waals surface area contributed by atoms with Gasteiger partial charge in [0.15, 0.2) is 5.43 Å². The van der Waals surface area contributed by atoms with Gasteiger partial charge in [-0.1, -0.05) is 50.2 Å². The van der Waals surface area contributed by atoms with Crippen LogP contribution in [0, 0.1) is 5.82 Å². The van der Waals surface area contributed by atoms with Gasteiger partial charge in [-0.25, -0.2) is 4.39 Å². The second-order valence-corrected chi connectivity index (χ2v) is 9.13. The second kappa shape index (κ2) is 9.02. The highest BCUT2D eigenvalue weighted by Gasteiger charge is 2.42. The molecule has 0 radical (unpaired) electrons. The average Bonchev–Trinajstić information content (AvgIpc) is 3.15. The predicted octanol–water partition coefficient (Wildman–Crippen LogP) is 5.85. The molecule has 1 aliphatic rings. The molecular formula is C29H26FNO4. The van der Waals surface area contributed by atoms with Gasteiger partial charge in [0.2, 0.25) is 5.76 Å². The monoisotopic (exact) mass is 471 g/mol. The first-order valence-corrected chi connectivity index (χ1v) is 11.7. The first kappa shape index (κ1) is 22.8. The molecule has 6 heteroatoms. The number of carbonyl (C=O) groups is 1. The van der Waals surface area contributed by atoms with E-state index in [2.05, 4.69) is 13.8 Å². The van der Waals surface area contributed by atoms with E-state index in [1.807, 2.05) is 48.5 Å². The van der Waals surface area contributed by atoms with Gasteiger partial charge in [-0.15, -0.1) is 0 Å². The third kappa shape index (κ3) is 4.09. The number of hydrogen-bond donors (Lipinski definition) is 0. The molecule has 0 saturated heterocycles. The summed E-state index contributed by atoms with van der Waals surface area (Å²) in [5, 5.41) is 0.136. The van der Waals surface area contributed by atoms with Gasteiger partial charge in [-0.05, 0) is 59.4 Å². The van der Waals surface area contributed by atoms with Crippen LogP contribution in [0.25, 0.3) is 11.0 Å². The molecule has 0 N–H and O–H groups in total. The number of nitrogens with zero attached hydrogens (tertiary/aromatic N) is 1. The van der Waals surface area contributed by atoms with Crippen molar-refractivity contribution in [2.75, 3.05) is 13.7 Å². The first-order chi connectivity index (χ1) is 16.9. The van der Waals surface area contributed by atoms with Gasteiger partial charge in [0.25, 0.3) is 5.91 Å². The van der Waals surface area contributed by atoms with Crippen LogP contribution in [0.5, 0.6) is 5.75 Å². The smallest absolute Gasteiger partial charge is 0.290 e. The number of rotatable bonds is 6. The zero-order valence-electron chi connectivity index (χ0n) is 19.9. The Hall–Kier alpha value is -3.93. The molecule has 5 nitrogen and oxygen atoms in total. The predicted molar refractivity (Wildman–Crippen MR) is 133 cm³/mol. The maximum atomic E-state index is 14.0. The van der Waals surface area contributed by atoms with Gasteiger partial charge in [0.1, 0.15) is 17.1 Å². The Morgan fingerprint density at radius 1 is 1.00 bits per heavy atom. The average molecular weight is 472 g/mol. The summed E-state index contributed by atoms with van der Waals surface area (Å²) in [6.07, 6.45) is 0.590. The van der Waals surface area contributed by atoms with Crippen molar-refractivity contribution in [1.82, 2.24) is 4.90 Å². The standard InChI is InChI=1S/C29H26FNO4/c1-17(2)19-6-8-20(9-7-19)26-25-27(32)23-16-21(30)10-13-24(23)35-28(25)29(33)31(26)15-14-18-4-11-22(34-3)12-5-18/h4-13,16-17,26H,14-15H2,1-3H3/t26-/m0/s1. The minimum absolute atomic E-state index is 0.0294. The van der Waals surface area contributed by atoms with E-state index < -0.39 is 11.9 Å². The van der Waals surface area contributed by atoms with Crippen LogP contribution >= 0.6 is 0 Å². The lowest BCUT2D eigenvalue weighted by molar-refractivity contribution is 0.0730. The Morgan fingerprint density at radius 3 is 2.37 bits per heavy atom. The lowest BCUT2D eigenvalue weighted by Gasteiger charge is -2.25. The fraction of sp³-hybridized carbons (Fsp3) is 0.241. The Balaban J connectivity index is 1.59. The van der Waals surface area contributed by atoms with Crippen molar-refractivity contribution < 1.29 is 18.3 Å². The van der Waals surface area contributed by atoms with Gasteiger partial charge in [0.05, 0.1) is 24.1 Å². The Kier molecular flexibility index (Phi) is 5.89. The molecule has 178 valence electrons. The topological polar surface area (TPSA) is 59.8 Å². The molecule has 0 spiro atoms. The molecule has 0 saturated carbocycles. The molecular weight excluding hydrogens is 445 g/mol. The molecule has 0 unspecified atom stereocenters. The van der Waals surface area contributed by atoms with Crippen molar-refractivity contribution in [3.05, 3.63) is 111 Å². The van der Waals surface area contributed by atoms with Gasteiger partial charge in [0, 0.05) is 6.54 Å². The van der Waals surface area contributed by atoms with Crippen molar-refractivity contribution in [2.45, 2.75) is 32.2 Å². The van der Waals surface area contributed by atoms with Crippen molar-refractivity contribution in [3.63, 3.8) is 0 Å². The summed E-state index contributed by atoms with van der Waals surface area (Å²) >= 11 is 0. The van der Waals surface area contributed by atoms with Crippen LogP contribution in [-0.2, 0) is 6.42 Å². The summed E-state index contributed by atoms with van der Waals surface area (Å²) in [5.41, 5.74) is 3.11. The van der Waals surface area contributed by atoms with Crippen molar-refractivity contribution >= 4 is 16.9 Å². The molecule has 0 bridgehead atoms. The third-order valence-corrected chi connectivity index (χ3v) is 6.65. The molecule has 35 heavy (non-hydrogen) atoms. The fourth-order valence-corrected chi connectivity index (χ4v) is 4.67. The summed E-state index contributed by atoms with van der Waals surface area (Å²) in [6.45, 7) is 4.61. The van der Waals surface area contributed by atoms with Crippen LogP contribution in [0.3, 0.4) is 0 Å². The van der Waals surface area contributed by atoms with Gasteiger partial charge < -0.3 is 14.1 Å². The van der Waals surface area contributed by atoms with E-state index in [1.165, 1.54) is 18.2 Å². The molecule has 2 heterocycles. The quantitative estimate of drug-likeness (QED) is 0.354. The van der Waals surface area contributed by atoms with E-state index in [-0.39, 0.29) is 33.6 Å². The minimum Gasteiger partial charge on any atom is -0.497 e. The zero-order valence-corrected chi connectivity index (χ0v) is 19.9. The van der Waals surface area contributed by atoms with Gasteiger partial charge in [-0.2, -0.15) is 0 Å². The van der Waals surface area contributed by atoms with Crippen LogP contribution in [0.1, 0.15) is 58.6 Å². The van der Waals surface area contributed by atoms with Crippen LogP contribution in [0.2, 0.25) is 0 Å². The maximum absolute atomic E-state index is 14.0. The fourth-order valence-electron chi connectivity index (χ4n) is 4.67. The highest BCUT2D eigenvalue weighted by atomic mass is 19.1. The number of hydrogen-bond acceptors (Lipinski definition) is 4. The summed E-state index contributed by atoms with van der Waals surface area (Å²) in [7, 11) is 1.62. The van der Waals surface area contributed by atoms with E-state index in [9.17, 15) is 14.0 Å². The third-order valence-electron chi connectivity index (χ3n) is 6.65. The minimum atomic E-state index is -0.610.